The molecular formula is C16H26N2O. The van der Waals surface area contributed by atoms with Crippen LogP contribution in [0.3, 0.4) is 0 Å². The third-order valence-corrected chi connectivity index (χ3v) is 4.07. The Morgan fingerprint density at radius 2 is 2.16 bits per heavy atom. The molecule has 19 heavy (non-hydrogen) atoms. The highest BCUT2D eigenvalue weighted by molar-refractivity contribution is 5.57. The van der Waals surface area contributed by atoms with E-state index < -0.39 is 0 Å². The molecule has 1 heterocycles. The Bertz CT molecular complexity index is 417. The molecule has 1 aromatic rings. The summed E-state index contributed by atoms with van der Waals surface area (Å²) in [5.41, 5.74) is 4.18. The number of rotatable bonds is 5. The lowest BCUT2D eigenvalue weighted by Gasteiger charge is -2.32. The van der Waals surface area contributed by atoms with Gasteiger partial charge >= 0.3 is 0 Å². The van der Waals surface area contributed by atoms with E-state index in [1.807, 2.05) is 14.0 Å². The quantitative estimate of drug-likeness (QED) is 0.856. The summed E-state index contributed by atoms with van der Waals surface area (Å²) in [5, 5.41) is 12.7. The van der Waals surface area contributed by atoms with Gasteiger partial charge in [0.1, 0.15) is 0 Å². The standard InChI is InChI=1S/C16H26N2O/c1-12(19)8-10-18-9-4-5-15-11-14(13(2)17-3)6-7-16(15)18/h6-7,11-13,17,19H,4-5,8-10H2,1-3H3. The zero-order valence-electron chi connectivity index (χ0n) is 12.3. The molecule has 0 saturated heterocycles. The van der Waals surface area contributed by atoms with Gasteiger partial charge < -0.3 is 15.3 Å². The zero-order valence-corrected chi connectivity index (χ0v) is 12.3. The second-order valence-corrected chi connectivity index (χ2v) is 5.63. The molecule has 2 rings (SSSR count). The lowest BCUT2D eigenvalue weighted by molar-refractivity contribution is 0.186. The van der Waals surface area contributed by atoms with Gasteiger partial charge in [0, 0.05) is 24.8 Å². The van der Waals surface area contributed by atoms with E-state index in [1.165, 1.54) is 29.7 Å². The molecule has 0 fully saturated rings. The highest BCUT2D eigenvalue weighted by atomic mass is 16.3. The van der Waals surface area contributed by atoms with Crippen molar-refractivity contribution >= 4 is 5.69 Å². The number of benzene rings is 1. The van der Waals surface area contributed by atoms with Crippen LogP contribution in [0.2, 0.25) is 0 Å². The zero-order chi connectivity index (χ0) is 13.8. The molecule has 2 N–H and O–H groups in total. The Morgan fingerprint density at radius 1 is 1.37 bits per heavy atom. The minimum absolute atomic E-state index is 0.214. The van der Waals surface area contributed by atoms with Crippen LogP contribution in [-0.2, 0) is 6.42 Å². The molecule has 106 valence electrons. The van der Waals surface area contributed by atoms with E-state index in [0.29, 0.717) is 6.04 Å². The molecule has 2 unspecified atom stereocenters. The summed E-state index contributed by atoms with van der Waals surface area (Å²) in [7, 11) is 2.00. The number of fused-ring (bicyclic) bond motifs is 1. The van der Waals surface area contributed by atoms with Crippen LogP contribution in [0.15, 0.2) is 18.2 Å². The first-order valence-electron chi connectivity index (χ1n) is 7.35. The van der Waals surface area contributed by atoms with E-state index in [0.717, 1.165) is 19.5 Å². The van der Waals surface area contributed by atoms with Crippen LogP contribution in [-0.4, -0.2) is 31.3 Å². The van der Waals surface area contributed by atoms with Gasteiger partial charge in [0.05, 0.1) is 6.10 Å². The van der Waals surface area contributed by atoms with E-state index >= 15 is 0 Å². The lowest BCUT2D eigenvalue weighted by Crippen LogP contribution is -2.32. The molecule has 3 heteroatoms. The van der Waals surface area contributed by atoms with Gasteiger partial charge in [0.15, 0.2) is 0 Å². The highest BCUT2D eigenvalue weighted by Crippen LogP contribution is 2.29. The average molecular weight is 262 g/mol. The second kappa shape index (κ2) is 6.40. The van der Waals surface area contributed by atoms with Crippen LogP contribution in [0, 0.1) is 0 Å². The van der Waals surface area contributed by atoms with Gasteiger partial charge in [0.2, 0.25) is 0 Å². The molecule has 0 saturated carbocycles. The van der Waals surface area contributed by atoms with Crippen molar-refractivity contribution in [2.45, 2.75) is 45.3 Å². The number of aliphatic hydroxyl groups is 1. The van der Waals surface area contributed by atoms with Crippen molar-refractivity contribution in [3.63, 3.8) is 0 Å². The Balaban J connectivity index is 2.16. The second-order valence-electron chi connectivity index (χ2n) is 5.63. The average Bonchev–Trinajstić information content (AvgIpc) is 2.43. The number of nitrogens with zero attached hydrogens (tertiary/aromatic N) is 1. The number of hydrogen-bond donors (Lipinski definition) is 2. The fourth-order valence-electron chi connectivity index (χ4n) is 2.71. The maximum Gasteiger partial charge on any atom is 0.0528 e. The van der Waals surface area contributed by atoms with Crippen LogP contribution in [0.5, 0.6) is 0 Å². The van der Waals surface area contributed by atoms with Crippen LogP contribution in [0.25, 0.3) is 0 Å². The normalized spacial score (nSPS) is 18.0. The Hall–Kier alpha value is -1.06. The van der Waals surface area contributed by atoms with E-state index in [9.17, 15) is 5.11 Å². The molecule has 2 atom stereocenters. The van der Waals surface area contributed by atoms with Gasteiger partial charge in [-0.1, -0.05) is 12.1 Å². The molecule has 0 aromatic heterocycles. The molecule has 0 spiro atoms. The first-order valence-corrected chi connectivity index (χ1v) is 7.35. The van der Waals surface area contributed by atoms with Crippen molar-refractivity contribution in [1.82, 2.24) is 5.32 Å². The maximum atomic E-state index is 9.44. The van der Waals surface area contributed by atoms with E-state index in [4.69, 9.17) is 0 Å². The van der Waals surface area contributed by atoms with Gasteiger partial charge in [-0.15, -0.1) is 0 Å². The van der Waals surface area contributed by atoms with E-state index in [2.05, 4.69) is 35.3 Å². The molecule has 1 aliphatic heterocycles. The Labute approximate surface area is 116 Å². The van der Waals surface area contributed by atoms with Gasteiger partial charge in [0.25, 0.3) is 0 Å². The number of anilines is 1. The highest BCUT2D eigenvalue weighted by Gasteiger charge is 2.18. The molecule has 0 radical (unpaired) electrons. The van der Waals surface area contributed by atoms with Crippen molar-refractivity contribution in [2.24, 2.45) is 0 Å². The molecule has 1 aromatic carbocycles. The smallest absolute Gasteiger partial charge is 0.0528 e. The third kappa shape index (κ3) is 3.48. The molecule has 3 nitrogen and oxygen atoms in total. The summed E-state index contributed by atoms with van der Waals surface area (Å²) in [4.78, 5) is 2.42. The predicted octanol–water partition coefficient (Wildman–Crippen LogP) is 2.49. The minimum Gasteiger partial charge on any atom is -0.393 e. The van der Waals surface area contributed by atoms with Crippen LogP contribution in [0.1, 0.15) is 43.9 Å². The third-order valence-electron chi connectivity index (χ3n) is 4.07. The van der Waals surface area contributed by atoms with Crippen molar-refractivity contribution < 1.29 is 5.11 Å². The summed E-state index contributed by atoms with van der Waals surface area (Å²) in [6.07, 6.45) is 3.01. The van der Waals surface area contributed by atoms with Gasteiger partial charge in [-0.2, -0.15) is 0 Å². The van der Waals surface area contributed by atoms with Crippen molar-refractivity contribution in [3.05, 3.63) is 29.3 Å². The van der Waals surface area contributed by atoms with Gasteiger partial charge in [-0.05, 0) is 57.4 Å². The summed E-state index contributed by atoms with van der Waals surface area (Å²) in [6, 6.07) is 7.21. The van der Waals surface area contributed by atoms with Crippen molar-refractivity contribution in [1.29, 1.82) is 0 Å². The SMILES string of the molecule is CNC(C)c1ccc2c(c1)CCCN2CCC(C)O. The number of hydrogen-bond acceptors (Lipinski definition) is 3. The van der Waals surface area contributed by atoms with Gasteiger partial charge in [-0.3, -0.25) is 0 Å². The van der Waals surface area contributed by atoms with Crippen molar-refractivity contribution in [3.8, 4) is 0 Å². The first kappa shape index (κ1) is 14.4. The van der Waals surface area contributed by atoms with Crippen molar-refractivity contribution in [2.75, 3.05) is 25.0 Å². The van der Waals surface area contributed by atoms with E-state index in [1.54, 1.807) is 0 Å². The Morgan fingerprint density at radius 3 is 2.84 bits per heavy atom. The largest absolute Gasteiger partial charge is 0.393 e. The topological polar surface area (TPSA) is 35.5 Å². The fourth-order valence-corrected chi connectivity index (χ4v) is 2.71. The van der Waals surface area contributed by atoms with E-state index in [-0.39, 0.29) is 6.10 Å². The molecule has 0 aliphatic carbocycles. The van der Waals surface area contributed by atoms with Crippen LogP contribution in [0.4, 0.5) is 5.69 Å². The summed E-state index contributed by atoms with van der Waals surface area (Å²) in [5.74, 6) is 0. The number of aliphatic hydroxyl groups excluding tert-OH is 1. The summed E-state index contributed by atoms with van der Waals surface area (Å²) < 4.78 is 0. The molecular weight excluding hydrogens is 236 g/mol. The summed E-state index contributed by atoms with van der Waals surface area (Å²) in [6.45, 7) is 6.12. The first-order chi connectivity index (χ1) is 9.11. The Kier molecular flexibility index (Phi) is 4.83. The minimum atomic E-state index is -0.214. The molecule has 0 bridgehead atoms. The van der Waals surface area contributed by atoms with Gasteiger partial charge in [-0.25, -0.2) is 0 Å². The van der Waals surface area contributed by atoms with Crippen LogP contribution >= 0.6 is 0 Å². The molecule has 1 aliphatic rings. The summed E-state index contributed by atoms with van der Waals surface area (Å²) >= 11 is 0. The lowest BCUT2D eigenvalue weighted by atomic mass is 9.96. The number of aryl methyl sites for hydroxylation is 1. The van der Waals surface area contributed by atoms with Crippen LogP contribution < -0.4 is 10.2 Å². The fraction of sp³-hybridized carbons (Fsp3) is 0.625. The number of nitrogens with one attached hydrogen (secondary N) is 1. The maximum absolute atomic E-state index is 9.44. The monoisotopic (exact) mass is 262 g/mol. The molecule has 0 amide bonds. The predicted molar refractivity (Wildman–Crippen MR) is 80.7 cm³/mol.